The van der Waals surface area contributed by atoms with Crippen LogP contribution in [-0.2, 0) is 4.74 Å². The average molecular weight is 267 g/mol. The average Bonchev–Trinajstić information content (AvgIpc) is 2.83. The summed E-state index contributed by atoms with van der Waals surface area (Å²) in [7, 11) is 1.45. The van der Waals surface area contributed by atoms with Crippen LogP contribution >= 0.6 is 0 Å². The van der Waals surface area contributed by atoms with E-state index in [0.29, 0.717) is 18.9 Å². The van der Waals surface area contributed by atoms with Gasteiger partial charge >= 0.3 is 0 Å². The summed E-state index contributed by atoms with van der Waals surface area (Å²) in [4.78, 5) is 11.9. The third kappa shape index (κ3) is 3.23. The van der Waals surface area contributed by atoms with Gasteiger partial charge in [-0.3, -0.25) is 4.79 Å². The molecule has 1 saturated heterocycles. The topological polar surface area (TPSA) is 47.6 Å². The summed E-state index contributed by atoms with van der Waals surface area (Å²) in [6.07, 6.45) is 1.89. The van der Waals surface area contributed by atoms with E-state index in [1.165, 1.54) is 19.2 Å². The number of amides is 1. The van der Waals surface area contributed by atoms with E-state index < -0.39 is 11.7 Å². The highest BCUT2D eigenvalue weighted by Gasteiger charge is 2.30. The van der Waals surface area contributed by atoms with Crippen molar-refractivity contribution in [2.24, 2.45) is 0 Å². The molecule has 0 aromatic heterocycles. The van der Waals surface area contributed by atoms with Gasteiger partial charge in [0.15, 0.2) is 0 Å². The molecule has 1 unspecified atom stereocenters. The van der Waals surface area contributed by atoms with Crippen molar-refractivity contribution in [1.82, 2.24) is 5.32 Å². The number of carbonyl (C=O) groups excluding carboxylic acids is 1. The molecule has 2 rings (SSSR count). The first kappa shape index (κ1) is 13.8. The SMILES string of the molecule is COc1ccc(C(=O)NCC2(C)CCCO2)c(F)c1. The third-order valence-corrected chi connectivity index (χ3v) is 3.34. The maximum absolute atomic E-state index is 13.7. The Hall–Kier alpha value is -1.62. The van der Waals surface area contributed by atoms with Gasteiger partial charge < -0.3 is 14.8 Å². The van der Waals surface area contributed by atoms with Gasteiger partial charge in [0.2, 0.25) is 0 Å². The second-order valence-electron chi connectivity index (χ2n) is 4.93. The fraction of sp³-hybridized carbons (Fsp3) is 0.500. The smallest absolute Gasteiger partial charge is 0.254 e. The lowest BCUT2D eigenvalue weighted by Gasteiger charge is -2.23. The normalized spacial score (nSPS) is 22.3. The van der Waals surface area contributed by atoms with Crippen LogP contribution < -0.4 is 10.1 Å². The van der Waals surface area contributed by atoms with Crippen LogP contribution in [0.25, 0.3) is 0 Å². The first-order valence-electron chi connectivity index (χ1n) is 6.30. The number of hydrogen-bond donors (Lipinski definition) is 1. The monoisotopic (exact) mass is 267 g/mol. The summed E-state index contributed by atoms with van der Waals surface area (Å²) in [5.41, 5.74) is -0.319. The highest BCUT2D eigenvalue weighted by atomic mass is 19.1. The molecule has 5 heteroatoms. The number of ether oxygens (including phenoxy) is 2. The van der Waals surface area contributed by atoms with Gasteiger partial charge in [-0.1, -0.05) is 0 Å². The molecule has 0 saturated carbocycles. The Morgan fingerprint density at radius 3 is 2.95 bits per heavy atom. The Kier molecular flexibility index (Phi) is 4.04. The highest BCUT2D eigenvalue weighted by molar-refractivity contribution is 5.94. The van der Waals surface area contributed by atoms with Crippen LogP contribution in [0.15, 0.2) is 18.2 Å². The van der Waals surface area contributed by atoms with Crippen LogP contribution in [0.2, 0.25) is 0 Å². The zero-order valence-corrected chi connectivity index (χ0v) is 11.2. The lowest BCUT2D eigenvalue weighted by atomic mass is 10.0. The number of hydrogen-bond acceptors (Lipinski definition) is 3. The Morgan fingerprint density at radius 1 is 1.58 bits per heavy atom. The van der Waals surface area contributed by atoms with Crippen molar-refractivity contribution >= 4 is 5.91 Å². The van der Waals surface area contributed by atoms with Gasteiger partial charge in [0.1, 0.15) is 11.6 Å². The van der Waals surface area contributed by atoms with Crippen LogP contribution in [0.3, 0.4) is 0 Å². The number of rotatable bonds is 4. The van der Waals surface area contributed by atoms with E-state index in [1.807, 2.05) is 6.92 Å². The van der Waals surface area contributed by atoms with Crippen molar-refractivity contribution < 1.29 is 18.7 Å². The number of nitrogens with one attached hydrogen (secondary N) is 1. The van der Waals surface area contributed by atoms with E-state index in [4.69, 9.17) is 9.47 Å². The van der Waals surface area contributed by atoms with Crippen molar-refractivity contribution in [3.05, 3.63) is 29.6 Å². The van der Waals surface area contributed by atoms with Gasteiger partial charge in [0.05, 0.1) is 18.3 Å². The molecule has 19 heavy (non-hydrogen) atoms. The zero-order chi connectivity index (χ0) is 13.9. The maximum atomic E-state index is 13.7. The minimum atomic E-state index is -0.589. The number of benzene rings is 1. The molecule has 0 spiro atoms. The van der Waals surface area contributed by atoms with Crippen molar-refractivity contribution in [3.8, 4) is 5.75 Å². The van der Waals surface area contributed by atoms with Crippen molar-refractivity contribution in [2.45, 2.75) is 25.4 Å². The fourth-order valence-corrected chi connectivity index (χ4v) is 2.15. The Labute approximate surface area is 111 Å². The van der Waals surface area contributed by atoms with E-state index in [9.17, 15) is 9.18 Å². The summed E-state index contributed by atoms with van der Waals surface area (Å²) in [5.74, 6) is -0.633. The van der Waals surface area contributed by atoms with Gasteiger partial charge in [0.25, 0.3) is 5.91 Å². The fourth-order valence-electron chi connectivity index (χ4n) is 2.15. The molecule has 1 atom stereocenters. The number of methoxy groups -OCH3 is 1. The molecular weight excluding hydrogens is 249 g/mol. The van der Waals surface area contributed by atoms with Crippen molar-refractivity contribution in [2.75, 3.05) is 20.3 Å². The second kappa shape index (κ2) is 5.57. The molecule has 1 aromatic rings. The molecule has 1 aliphatic heterocycles. The standard InChI is InChI=1S/C14H18FNO3/c1-14(6-3-7-19-14)9-16-13(17)11-5-4-10(18-2)8-12(11)15/h4-5,8H,3,6-7,9H2,1-2H3,(H,16,17). The summed E-state index contributed by atoms with van der Waals surface area (Å²) in [5, 5.41) is 2.71. The van der Waals surface area contributed by atoms with Gasteiger partial charge in [-0.15, -0.1) is 0 Å². The van der Waals surface area contributed by atoms with Crippen LogP contribution in [0.4, 0.5) is 4.39 Å². The molecule has 104 valence electrons. The summed E-state index contributed by atoms with van der Waals surface area (Å²) < 4.78 is 24.2. The van der Waals surface area contributed by atoms with Gasteiger partial charge in [-0.05, 0) is 31.9 Å². The van der Waals surface area contributed by atoms with Crippen molar-refractivity contribution in [1.29, 1.82) is 0 Å². The Bertz CT molecular complexity index is 470. The second-order valence-corrected chi connectivity index (χ2v) is 4.93. The molecular formula is C14H18FNO3. The van der Waals surface area contributed by atoms with Crippen molar-refractivity contribution in [3.63, 3.8) is 0 Å². The van der Waals surface area contributed by atoms with Crippen LogP contribution in [0.1, 0.15) is 30.1 Å². The van der Waals surface area contributed by atoms with Gasteiger partial charge in [-0.25, -0.2) is 4.39 Å². The minimum Gasteiger partial charge on any atom is -0.497 e. The van der Waals surface area contributed by atoms with E-state index in [0.717, 1.165) is 12.8 Å². The Morgan fingerprint density at radius 2 is 2.37 bits per heavy atom. The van der Waals surface area contributed by atoms with E-state index in [2.05, 4.69) is 5.32 Å². The lowest BCUT2D eigenvalue weighted by molar-refractivity contribution is 0.0205. The van der Waals surface area contributed by atoms with Gasteiger partial charge in [0, 0.05) is 19.2 Å². The molecule has 1 heterocycles. The highest BCUT2D eigenvalue weighted by Crippen LogP contribution is 2.24. The van der Waals surface area contributed by atoms with E-state index >= 15 is 0 Å². The molecule has 1 N–H and O–H groups in total. The predicted octanol–water partition coefficient (Wildman–Crippen LogP) is 2.13. The quantitative estimate of drug-likeness (QED) is 0.909. The molecule has 0 bridgehead atoms. The number of halogens is 1. The lowest BCUT2D eigenvalue weighted by Crippen LogP contribution is -2.40. The molecule has 4 nitrogen and oxygen atoms in total. The van der Waals surface area contributed by atoms with Crippen LogP contribution in [-0.4, -0.2) is 31.8 Å². The number of carbonyl (C=O) groups is 1. The molecule has 0 radical (unpaired) electrons. The first-order chi connectivity index (χ1) is 9.04. The summed E-state index contributed by atoms with van der Waals surface area (Å²) in [6.45, 7) is 3.05. The van der Waals surface area contributed by atoms with Gasteiger partial charge in [-0.2, -0.15) is 0 Å². The Balaban J connectivity index is 2.00. The third-order valence-electron chi connectivity index (χ3n) is 3.34. The molecule has 1 aliphatic rings. The van der Waals surface area contributed by atoms with Crippen LogP contribution in [0.5, 0.6) is 5.75 Å². The first-order valence-corrected chi connectivity index (χ1v) is 6.30. The largest absolute Gasteiger partial charge is 0.497 e. The molecule has 1 fully saturated rings. The molecule has 1 amide bonds. The predicted molar refractivity (Wildman–Crippen MR) is 68.9 cm³/mol. The summed E-state index contributed by atoms with van der Waals surface area (Å²) in [6, 6.07) is 4.18. The van der Waals surface area contributed by atoms with E-state index in [-0.39, 0.29) is 11.2 Å². The summed E-state index contributed by atoms with van der Waals surface area (Å²) >= 11 is 0. The molecule has 1 aromatic carbocycles. The van der Waals surface area contributed by atoms with E-state index in [1.54, 1.807) is 6.07 Å². The minimum absolute atomic E-state index is 0.0161. The maximum Gasteiger partial charge on any atom is 0.254 e. The zero-order valence-electron chi connectivity index (χ0n) is 11.2. The van der Waals surface area contributed by atoms with Crippen LogP contribution in [0, 0.1) is 5.82 Å². The molecule has 0 aliphatic carbocycles.